The standard InChI is InChI=1S/C13H27N3O2/c1-16(11-13(17)15-8-10-18-2)9-4-6-12-5-3-7-14-12/h12,14H,3-11H2,1-2H3,(H,15,17). The molecule has 0 bridgehead atoms. The Morgan fingerprint density at radius 1 is 1.56 bits per heavy atom. The van der Waals surface area contributed by atoms with Crippen LogP contribution in [-0.2, 0) is 9.53 Å². The average Bonchev–Trinajstić information content (AvgIpc) is 2.82. The van der Waals surface area contributed by atoms with E-state index in [1.807, 2.05) is 7.05 Å². The first-order chi connectivity index (χ1) is 8.72. The third-order valence-corrected chi connectivity index (χ3v) is 3.30. The summed E-state index contributed by atoms with van der Waals surface area (Å²) in [6.07, 6.45) is 4.98. The quantitative estimate of drug-likeness (QED) is 0.580. The number of nitrogens with one attached hydrogen (secondary N) is 2. The first-order valence-corrected chi connectivity index (χ1v) is 6.90. The molecule has 1 aliphatic rings. The van der Waals surface area contributed by atoms with Gasteiger partial charge < -0.3 is 15.4 Å². The molecule has 106 valence electrons. The summed E-state index contributed by atoms with van der Waals surface area (Å²) >= 11 is 0. The Morgan fingerprint density at radius 2 is 2.39 bits per heavy atom. The van der Waals surface area contributed by atoms with Crippen LogP contribution in [0.4, 0.5) is 0 Å². The first kappa shape index (κ1) is 15.4. The molecule has 1 amide bonds. The van der Waals surface area contributed by atoms with E-state index < -0.39 is 0 Å². The SMILES string of the molecule is COCCNC(=O)CN(C)CCCC1CCCN1. The fourth-order valence-corrected chi connectivity index (χ4v) is 2.28. The molecule has 1 heterocycles. The summed E-state index contributed by atoms with van der Waals surface area (Å²) in [6, 6.07) is 0.703. The molecule has 0 aromatic rings. The van der Waals surface area contributed by atoms with Crippen molar-refractivity contribution in [2.45, 2.75) is 31.7 Å². The van der Waals surface area contributed by atoms with Crippen LogP contribution in [0.3, 0.4) is 0 Å². The first-order valence-electron chi connectivity index (χ1n) is 6.90. The van der Waals surface area contributed by atoms with Crippen LogP contribution in [0.15, 0.2) is 0 Å². The van der Waals surface area contributed by atoms with E-state index >= 15 is 0 Å². The lowest BCUT2D eigenvalue weighted by atomic mass is 10.1. The number of carbonyl (C=O) groups is 1. The van der Waals surface area contributed by atoms with Crippen molar-refractivity contribution in [2.24, 2.45) is 0 Å². The van der Waals surface area contributed by atoms with Crippen LogP contribution >= 0.6 is 0 Å². The lowest BCUT2D eigenvalue weighted by molar-refractivity contribution is -0.122. The van der Waals surface area contributed by atoms with E-state index in [0.717, 1.165) is 13.0 Å². The maximum absolute atomic E-state index is 11.5. The van der Waals surface area contributed by atoms with Crippen molar-refractivity contribution in [1.82, 2.24) is 15.5 Å². The summed E-state index contributed by atoms with van der Waals surface area (Å²) in [5, 5.41) is 6.32. The molecule has 0 saturated carbocycles. The molecule has 0 aliphatic carbocycles. The summed E-state index contributed by atoms with van der Waals surface area (Å²) in [6.45, 7) is 3.79. The van der Waals surface area contributed by atoms with Gasteiger partial charge in [-0.3, -0.25) is 9.69 Å². The number of ether oxygens (including phenoxy) is 1. The molecule has 5 heteroatoms. The van der Waals surface area contributed by atoms with Crippen LogP contribution in [0.5, 0.6) is 0 Å². The number of hydrogen-bond donors (Lipinski definition) is 2. The second kappa shape index (κ2) is 9.30. The van der Waals surface area contributed by atoms with Crippen LogP contribution in [-0.4, -0.2) is 63.8 Å². The van der Waals surface area contributed by atoms with E-state index in [1.165, 1.54) is 25.8 Å². The highest BCUT2D eigenvalue weighted by Crippen LogP contribution is 2.10. The normalized spacial score (nSPS) is 19.4. The summed E-state index contributed by atoms with van der Waals surface area (Å²) in [5.74, 6) is 0.0774. The molecule has 18 heavy (non-hydrogen) atoms. The highest BCUT2D eigenvalue weighted by molar-refractivity contribution is 5.77. The molecule has 1 unspecified atom stereocenters. The van der Waals surface area contributed by atoms with Gasteiger partial charge in [0, 0.05) is 19.7 Å². The summed E-state index contributed by atoms with van der Waals surface area (Å²) in [7, 11) is 3.63. The minimum Gasteiger partial charge on any atom is -0.383 e. The molecule has 0 radical (unpaired) electrons. The minimum atomic E-state index is 0.0774. The lowest BCUT2D eigenvalue weighted by Gasteiger charge is -2.17. The Balaban J connectivity index is 1.98. The van der Waals surface area contributed by atoms with Crippen molar-refractivity contribution in [3.05, 3.63) is 0 Å². The highest BCUT2D eigenvalue weighted by Gasteiger charge is 2.13. The number of rotatable bonds is 9. The summed E-state index contributed by atoms with van der Waals surface area (Å²) in [5.41, 5.74) is 0. The van der Waals surface area contributed by atoms with Crippen molar-refractivity contribution < 1.29 is 9.53 Å². The smallest absolute Gasteiger partial charge is 0.234 e. The molecule has 1 fully saturated rings. The number of methoxy groups -OCH3 is 1. The van der Waals surface area contributed by atoms with Crippen molar-refractivity contribution in [3.8, 4) is 0 Å². The zero-order chi connectivity index (χ0) is 13.2. The Kier molecular flexibility index (Phi) is 7.96. The fraction of sp³-hybridized carbons (Fsp3) is 0.923. The van der Waals surface area contributed by atoms with Crippen LogP contribution in [0, 0.1) is 0 Å². The van der Waals surface area contributed by atoms with Gasteiger partial charge in [0.15, 0.2) is 0 Å². The molecular formula is C13H27N3O2. The third kappa shape index (κ3) is 6.93. The number of likely N-dealkylation sites (N-methyl/N-ethyl adjacent to an activating group) is 1. The van der Waals surface area contributed by atoms with E-state index in [0.29, 0.717) is 25.7 Å². The molecule has 1 saturated heterocycles. The zero-order valence-corrected chi connectivity index (χ0v) is 11.7. The second-order valence-corrected chi connectivity index (χ2v) is 5.02. The largest absolute Gasteiger partial charge is 0.383 e. The van der Waals surface area contributed by atoms with Crippen LogP contribution < -0.4 is 10.6 Å². The van der Waals surface area contributed by atoms with Gasteiger partial charge in [0.1, 0.15) is 0 Å². The van der Waals surface area contributed by atoms with Crippen molar-refractivity contribution in [2.75, 3.05) is 46.9 Å². The number of nitrogens with zero attached hydrogens (tertiary/aromatic N) is 1. The molecule has 1 rings (SSSR count). The predicted octanol–water partition coefficient (Wildman–Crippen LogP) is 0.213. The predicted molar refractivity (Wildman–Crippen MR) is 72.6 cm³/mol. The van der Waals surface area contributed by atoms with E-state index in [1.54, 1.807) is 7.11 Å². The molecule has 1 atom stereocenters. The van der Waals surface area contributed by atoms with Crippen LogP contribution in [0.25, 0.3) is 0 Å². The van der Waals surface area contributed by atoms with Crippen LogP contribution in [0.1, 0.15) is 25.7 Å². The van der Waals surface area contributed by atoms with Gasteiger partial charge in [0.2, 0.25) is 5.91 Å². The summed E-state index contributed by atoms with van der Waals surface area (Å²) in [4.78, 5) is 13.6. The topological polar surface area (TPSA) is 53.6 Å². The van der Waals surface area contributed by atoms with Gasteiger partial charge in [-0.15, -0.1) is 0 Å². The molecule has 5 nitrogen and oxygen atoms in total. The highest BCUT2D eigenvalue weighted by atomic mass is 16.5. The zero-order valence-electron chi connectivity index (χ0n) is 11.7. The van der Waals surface area contributed by atoms with Crippen LogP contribution in [0.2, 0.25) is 0 Å². The Hall–Kier alpha value is -0.650. The average molecular weight is 257 g/mol. The number of carbonyl (C=O) groups excluding carboxylic acids is 1. The maximum atomic E-state index is 11.5. The molecule has 2 N–H and O–H groups in total. The van der Waals surface area contributed by atoms with Crippen molar-refractivity contribution in [3.63, 3.8) is 0 Å². The van der Waals surface area contributed by atoms with E-state index in [9.17, 15) is 4.79 Å². The van der Waals surface area contributed by atoms with E-state index in [2.05, 4.69) is 15.5 Å². The van der Waals surface area contributed by atoms with E-state index in [4.69, 9.17) is 4.74 Å². The van der Waals surface area contributed by atoms with Gasteiger partial charge >= 0.3 is 0 Å². The van der Waals surface area contributed by atoms with Gasteiger partial charge in [-0.25, -0.2) is 0 Å². The Morgan fingerprint density at radius 3 is 3.06 bits per heavy atom. The van der Waals surface area contributed by atoms with Gasteiger partial charge in [-0.05, 0) is 45.8 Å². The summed E-state index contributed by atoms with van der Waals surface area (Å²) < 4.78 is 4.88. The lowest BCUT2D eigenvalue weighted by Crippen LogP contribution is -2.37. The number of amides is 1. The molecular weight excluding hydrogens is 230 g/mol. The van der Waals surface area contributed by atoms with E-state index in [-0.39, 0.29) is 5.91 Å². The molecule has 0 spiro atoms. The minimum absolute atomic E-state index is 0.0774. The monoisotopic (exact) mass is 257 g/mol. The third-order valence-electron chi connectivity index (χ3n) is 3.30. The Labute approximate surface area is 110 Å². The molecule has 0 aromatic heterocycles. The van der Waals surface area contributed by atoms with Crippen molar-refractivity contribution >= 4 is 5.91 Å². The Bertz CT molecular complexity index is 230. The molecule has 0 aromatic carbocycles. The van der Waals surface area contributed by atoms with Gasteiger partial charge in [0.25, 0.3) is 0 Å². The van der Waals surface area contributed by atoms with Gasteiger partial charge in [-0.1, -0.05) is 0 Å². The van der Waals surface area contributed by atoms with Gasteiger partial charge in [0.05, 0.1) is 13.2 Å². The number of hydrogen-bond acceptors (Lipinski definition) is 4. The van der Waals surface area contributed by atoms with Gasteiger partial charge in [-0.2, -0.15) is 0 Å². The maximum Gasteiger partial charge on any atom is 0.234 e. The van der Waals surface area contributed by atoms with Crippen molar-refractivity contribution in [1.29, 1.82) is 0 Å². The second-order valence-electron chi connectivity index (χ2n) is 5.02. The molecule has 1 aliphatic heterocycles. The fourth-order valence-electron chi connectivity index (χ4n) is 2.28.